The van der Waals surface area contributed by atoms with E-state index >= 15 is 0 Å². The first-order valence-electron chi connectivity index (χ1n) is 8.31. The number of ether oxygens (including phenoxy) is 1. The van der Waals surface area contributed by atoms with Gasteiger partial charge in [-0.3, -0.25) is 9.59 Å². The fourth-order valence-electron chi connectivity index (χ4n) is 4.30. The molecule has 4 heteroatoms. The monoisotopic (exact) mass is 338 g/mol. The quantitative estimate of drug-likeness (QED) is 0.912. The maximum absolute atomic E-state index is 13.1. The molecule has 0 heterocycles. The van der Waals surface area contributed by atoms with E-state index in [2.05, 4.69) is 6.58 Å². The summed E-state index contributed by atoms with van der Waals surface area (Å²) in [6.07, 6.45) is 5.69. The summed E-state index contributed by atoms with van der Waals surface area (Å²) >= 11 is 0. The first-order valence-corrected chi connectivity index (χ1v) is 8.31. The van der Waals surface area contributed by atoms with Gasteiger partial charge in [-0.05, 0) is 48.3 Å². The summed E-state index contributed by atoms with van der Waals surface area (Å²) in [6, 6.07) is 5.12. The normalized spacial score (nSPS) is 28.8. The summed E-state index contributed by atoms with van der Waals surface area (Å²) in [5.41, 5.74) is 1.26. The molecule has 3 unspecified atom stereocenters. The topological polar surface area (TPSA) is 63.6 Å². The highest BCUT2D eigenvalue weighted by atomic mass is 16.5. The van der Waals surface area contributed by atoms with Gasteiger partial charge in [0.25, 0.3) is 0 Å². The lowest BCUT2D eigenvalue weighted by Crippen LogP contribution is -2.49. The molecule has 2 aliphatic carbocycles. The van der Waals surface area contributed by atoms with E-state index in [1.165, 1.54) is 13.2 Å². The van der Waals surface area contributed by atoms with Gasteiger partial charge in [0.05, 0.1) is 12.5 Å². The largest absolute Gasteiger partial charge is 0.504 e. The Kier molecular flexibility index (Phi) is 4.15. The van der Waals surface area contributed by atoms with Crippen LogP contribution >= 0.6 is 0 Å². The lowest BCUT2D eigenvalue weighted by Gasteiger charge is -2.47. The summed E-state index contributed by atoms with van der Waals surface area (Å²) in [5, 5.41) is 10.2. The van der Waals surface area contributed by atoms with Crippen LogP contribution in [0.5, 0.6) is 11.5 Å². The molecule has 4 nitrogen and oxygen atoms in total. The molecule has 0 aliphatic heterocycles. The predicted octanol–water partition coefficient (Wildman–Crippen LogP) is 3.72. The van der Waals surface area contributed by atoms with Crippen molar-refractivity contribution in [2.75, 3.05) is 7.11 Å². The van der Waals surface area contributed by atoms with Crippen LogP contribution < -0.4 is 4.74 Å². The number of hydrogen-bond donors (Lipinski definition) is 1. The Bertz CT molecular complexity index is 830. The average Bonchev–Trinajstić information content (AvgIpc) is 2.59. The van der Waals surface area contributed by atoms with Crippen molar-refractivity contribution in [3.8, 4) is 11.5 Å². The minimum absolute atomic E-state index is 0.0102. The summed E-state index contributed by atoms with van der Waals surface area (Å²) in [6.45, 7) is 7.43. The fraction of sp³-hybridized carbons (Fsp3) is 0.333. The Morgan fingerprint density at radius 3 is 2.68 bits per heavy atom. The third-order valence-corrected chi connectivity index (χ3v) is 5.57. The van der Waals surface area contributed by atoms with Crippen molar-refractivity contribution in [3.05, 3.63) is 59.7 Å². The number of carbonyl (C=O) groups excluding carboxylic acids is 2. The molecule has 3 rings (SSSR count). The molecule has 0 bridgehead atoms. The van der Waals surface area contributed by atoms with Gasteiger partial charge in [-0.2, -0.15) is 0 Å². The second kappa shape index (κ2) is 6.03. The van der Waals surface area contributed by atoms with E-state index < -0.39 is 11.3 Å². The zero-order valence-corrected chi connectivity index (χ0v) is 14.7. The maximum Gasteiger partial charge on any atom is 0.166 e. The molecule has 0 spiro atoms. The van der Waals surface area contributed by atoms with Crippen LogP contribution in [-0.4, -0.2) is 23.8 Å². The Morgan fingerprint density at radius 1 is 1.36 bits per heavy atom. The van der Waals surface area contributed by atoms with Crippen molar-refractivity contribution in [2.45, 2.75) is 26.2 Å². The van der Waals surface area contributed by atoms with Crippen LogP contribution in [0, 0.1) is 11.3 Å². The minimum atomic E-state index is -0.894. The van der Waals surface area contributed by atoms with E-state index in [9.17, 15) is 14.7 Å². The van der Waals surface area contributed by atoms with Gasteiger partial charge in [0.2, 0.25) is 0 Å². The zero-order chi connectivity index (χ0) is 18.4. The summed E-state index contributed by atoms with van der Waals surface area (Å²) in [7, 11) is 1.49. The van der Waals surface area contributed by atoms with Gasteiger partial charge in [-0.1, -0.05) is 31.7 Å². The zero-order valence-electron chi connectivity index (χ0n) is 14.7. The molecule has 130 valence electrons. The molecule has 1 aromatic rings. The molecule has 0 fully saturated rings. The fourth-order valence-corrected chi connectivity index (χ4v) is 4.30. The number of benzene rings is 1. The SMILES string of the molecule is C=CC1=CCC2C(=O)C=C(C)C(=O)C2(C)C1c1ccc(OC)c(O)c1. The number of hydrogen-bond acceptors (Lipinski definition) is 4. The van der Waals surface area contributed by atoms with Crippen molar-refractivity contribution in [2.24, 2.45) is 11.3 Å². The van der Waals surface area contributed by atoms with E-state index in [0.29, 0.717) is 17.7 Å². The van der Waals surface area contributed by atoms with Crippen molar-refractivity contribution in [1.82, 2.24) is 0 Å². The molecule has 2 aliphatic rings. The number of methoxy groups -OCH3 is 1. The van der Waals surface area contributed by atoms with Crippen LogP contribution in [0.3, 0.4) is 0 Å². The number of ketones is 2. The van der Waals surface area contributed by atoms with E-state index in [-0.39, 0.29) is 23.2 Å². The highest BCUT2D eigenvalue weighted by Crippen LogP contribution is 2.55. The van der Waals surface area contributed by atoms with E-state index in [1.54, 1.807) is 25.1 Å². The van der Waals surface area contributed by atoms with Gasteiger partial charge in [-0.25, -0.2) is 0 Å². The highest BCUT2D eigenvalue weighted by Gasteiger charge is 2.54. The number of aromatic hydroxyl groups is 1. The van der Waals surface area contributed by atoms with Crippen LogP contribution in [-0.2, 0) is 9.59 Å². The van der Waals surface area contributed by atoms with Crippen molar-refractivity contribution < 1.29 is 19.4 Å². The maximum atomic E-state index is 13.1. The van der Waals surface area contributed by atoms with Crippen molar-refractivity contribution in [3.63, 3.8) is 0 Å². The van der Waals surface area contributed by atoms with Crippen LogP contribution in [0.1, 0.15) is 31.7 Å². The molecule has 0 aromatic heterocycles. The number of allylic oxidation sites excluding steroid dienone is 5. The Balaban J connectivity index is 2.22. The van der Waals surface area contributed by atoms with Gasteiger partial charge in [0.1, 0.15) is 0 Å². The molecule has 1 N–H and O–H groups in total. The molecule has 0 amide bonds. The Labute approximate surface area is 147 Å². The van der Waals surface area contributed by atoms with Gasteiger partial charge >= 0.3 is 0 Å². The number of phenolic OH excluding ortho intramolecular Hbond substituents is 1. The molecule has 25 heavy (non-hydrogen) atoms. The lowest BCUT2D eigenvalue weighted by atomic mass is 9.53. The number of Topliss-reactive ketones (excluding diaryl/α,β-unsaturated/α-hetero) is 1. The standard InChI is InChI=1S/C21H22O4/c1-5-13-6-8-15-16(22)10-12(2)20(24)21(15,3)19(13)14-7-9-18(25-4)17(23)11-14/h5-7,9-11,15,19,23H,1,8H2,2-4H3. The minimum Gasteiger partial charge on any atom is -0.504 e. The van der Waals surface area contributed by atoms with Gasteiger partial charge in [-0.15, -0.1) is 0 Å². The number of carbonyl (C=O) groups is 2. The average molecular weight is 338 g/mol. The smallest absolute Gasteiger partial charge is 0.166 e. The Morgan fingerprint density at radius 2 is 2.08 bits per heavy atom. The summed E-state index contributed by atoms with van der Waals surface area (Å²) in [4.78, 5) is 25.7. The predicted molar refractivity (Wildman–Crippen MR) is 95.7 cm³/mol. The summed E-state index contributed by atoms with van der Waals surface area (Å²) in [5.74, 6) is -0.405. The Hall–Kier alpha value is -2.62. The molecule has 0 saturated heterocycles. The second-order valence-electron chi connectivity index (χ2n) is 6.90. The van der Waals surface area contributed by atoms with Gasteiger partial charge in [0, 0.05) is 11.8 Å². The highest BCUT2D eigenvalue weighted by molar-refractivity contribution is 6.13. The second-order valence-corrected chi connectivity index (χ2v) is 6.90. The van der Waals surface area contributed by atoms with E-state index in [4.69, 9.17) is 4.74 Å². The van der Waals surface area contributed by atoms with Crippen LogP contribution in [0.25, 0.3) is 0 Å². The van der Waals surface area contributed by atoms with Crippen LogP contribution in [0.2, 0.25) is 0 Å². The molecular formula is C21H22O4. The molecule has 0 radical (unpaired) electrons. The van der Waals surface area contributed by atoms with Gasteiger partial charge < -0.3 is 9.84 Å². The van der Waals surface area contributed by atoms with Crippen LogP contribution in [0.15, 0.2) is 54.2 Å². The number of phenols is 1. The lowest BCUT2D eigenvalue weighted by molar-refractivity contribution is -0.137. The third kappa shape index (κ3) is 2.44. The van der Waals surface area contributed by atoms with Gasteiger partial charge in [0.15, 0.2) is 23.1 Å². The first-order chi connectivity index (χ1) is 11.8. The first kappa shape index (κ1) is 17.2. The van der Waals surface area contributed by atoms with Crippen LogP contribution in [0.4, 0.5) is 0 Å². The molecular weight excluding hydrogens is 316 g/mol. The molecule has 1 aromatic carbocycles. The van der Waals surface area contributed by atoms with Crippen molar-refractivity contribution >= 4 is 11.6 Å². The van der Waals surface area contributed by atoms with Crippen molar-refractivity contribution in [1.29, 1.82) is 0 Å². The summed E-state index contributed by atoms with van der Waals surface area (Å²) < 4.78 is 5.11. The third-order valence-electron chi connectivity index (χ3n) is 5.57. The number of rotatable bonds is 3. The molecule has 3 atom stereocenters. The number of fused-ring (bicyclic) bond motifs is 1. The van der Waals surface area contributed by atoms with E-state index in [0.717, 1.165) is 11.1 Å². The molecule has 0 saturated carbocycles. The van der Waals surface area contributed by atoms with E-state index in [1.807, 2.05) is 19.1 Å².